The average molecular weight is 387 g/mol. The fourth-order valence-corrected chi connectivity index (χ4v) is 3.13. The largest absolute Gasteiger partial charge is 0.236 e. The first kappa shape index (κ1) is 19.4. The monoisotopic (exact) mass is 386 g/mol. The van der Waals surface area contributed by atoms with Crippen LogP contribution >= 0.6 is 11.6 Å². The van der Waals surface area contributed by atoms with Gasteiger partial charge in [-0.05, 0) is 54.8 Å². The molecule has 0 atom stereocenters. The van der Waals surface area contributed by atoms with Gasteiger partial charge in [0, 0.05) is 28.5 Å². The second kappa shape index (κ2) is 9.05. The number of nitrogens with zero attached hydrogens (tertiary/aromatic N) is 2. The van der Waals surface area contributed by atoms with Crippen molar-refractivity contribution in [1.82, 2.24) is 9.97 Å². The van der Waals surface area contributed by atoms with Crippen molar-refractivity contribution in [2.45, 2.75) is 39.0 Å². The molecule has 0 fully saturated rings. The molecule has 0 N–H and O–H groups in total. The van der Waals surface area contributed by atoms with Gasteiger partial charge in [0.05, 0.1) is 5.56 Å². The van der Waals surface area contributed by atoms with Crippen LogP contribution in [0.5, 0.6) is 0 Å². The van der Waals surface area contributed by atoms with E-state index in [9.17, 15) is 8.78 Å². The summed E-state index contributed by atoms with van der Waals surface area (Å²) in [5.74, 6) is -0.685. The summed E-state index contributed by atoms with van der Waals surface area (Å²) < 4.78 is 29.1. The minimum absolute atomic E-state index is 0.0880. The second-order valence-electron chi connectivity index (χ2n) is 6.55. The van der Waals surface area contributed by atoms with Gasteiger partial charge in [-0.1, -0.05) is 37.8 Å². The first-order chi connectivity index (χ1) is 13.1. The summed E-state index contributed by atoms with van der Waals surface area (Å²) >= 11 is 5.88. The van der Waals surface area contributed by atoms with E-state index in [2.05, 4.69) is 16.9 Å². The van der Waals surface area contributed by atoms with E-state index in [0.29, 0.717) is 28.4 Å². The number of rotatable bonds is 7. The smallest absolute Gasteiger partial charge is 0.159 e. The Morgan fingerprint density at radius 1 is 0.852 bits per heavy atom. The lowest BCUT2D eigenvalue weighted by molar-refractivity contribution is 0.582. The minimum Gasteiger partial charge on any atom is -0.236 e. The van der Waals surface area contributed by atoms with Gasteiger partial charge in [-0.3, -0.25) is 0 Å². The quantitative estimate of drug-likeness (QED) is 0.414. The molecule has 0 aliphatic rings. The van der Waals surface area contributed by atoms with E-state index in [1.807, 2.05) is 0 Å². The van der Waals surface area contributed by atoms with E-state index in [4.69, 9.17) is 11.6 Å². The van der Waals surface area contributed by atoms with Crippen molar-refractivity contribution in [2.24, 2.45) is 0 Å². The lowest BCUT2D eigenvalue weighted by Gasteiger charge is -2.09. The Hall–Kier alpha value is -2.33. The number of aromatic nitrogens is 2. The first-order valence-corrected chi connectivity index (χ1v) is 9.52. The van der Waals surface area contributed by atoms with E-state index in [0.717, 1.165) is 31.2 Å². The Labute approximate surface area is 163 Å². The fourth-order valence-electron chi connectivity index (χ4n) is 3.01. The zero-order valence-corrected chi connectivity index (χ0v) is 15.9. The van der Waals surface area contributed by atoms with Crippen molar-refractivity contribution in [3.8, 4) is 22.5 Å². The van der Waals surface area contributed by atoms with Crippen LogP contribution in [0, 0.1) is 11.6 Å². The molecule has 0 radical (unpaired) electrons. The van der Waals surface area contributed by atoms with Gasteiger partial charge in [0.25, 0.3) is 0 Å². The van der Waals surface area contributed by atoms with Crippen LogP contribution < -0.4 is 0 Å². The zero-order valence-electron chi connectivity index (χ0n) is 15.2. The highest BCUT2D eigenvalue weighted by molar-refractivity contribution is 6.30. The SMILES string of the molecule is CCCCCCc1cc(F)c(-c2cnc(-c3ccc(Cl)cc3)nc2)c(F)c1. The van der Waals surface area contributed by atoms with E-state index >= 15 is 0 Å². The van der Waals surface area contributed by atoms with Gasteiger partial charge in [0.15, 0.2) is 5.82 Å². The van der Waals surface area contributed by atoms with Crippen LogP contribution in [0.1, 0.15) is 38.2 Å². The standard InChI is InChI=1S/C22H21ClF2N2/c1-2-3-4-5-6-15-11-19(24)21(20(25)12-15)17-13-26-22(27-14-17)16-7-9-18(23)10-8-16/h7-14H,2-6H2,1H3. The molecule has 0 aliphatic carbocycles. The van der Waals surface area contributed by atoms with Gasteiger partial charge >= 0.3 is 0 Å². The van der Waals surface area contributed by atoms with Crippen LogP contribution in [0.3, 0.4) is 0 Å². The summed E-state index contributed by atoms with van der Waals surface area (Å²) in [6, 6.07) is 9.91. The Morgan fingerprint density at radius 3 is 2.07 bits per heavy atom. The summed E-state index contributed by atoms with van der Waals surface area (Å²) in [4.78, 5) is 8.48. The van der Waals surface area contributed by atoms with Gasteiger partial charge in [-0.25, -0.2) is 18.7 Å². The summed E-state index contributed by atoms with van der Waals surface area (Å²) in [5, 5.41) is 0.620. The molecule has 3 aromatic rings. The number of aryl methyl sites for hydroxylation is 1. The van der Waals surface area contributed by atoms with E-state index in [-0.39, 0.29) is 5.56 Å². The summed E-state index contributed by atoms with van der Waals surface area (Å²) in [6.07, 6.45) is 7.85. The Kier molecular flexibility index (Phi) is 6.51. The molecule has 0 amide bonds. The van der Waals surface area contributed by atoms with Gasteiger partial charge in [0.1, 0.15) is 11.6 Å². The van der Waals surface area contributed by atoms with Gasteiger partial charge in [0.2, 0.25) is 0 Å². The van der Waals surface area contributed by atoms with Crippen LogP contribution in [0.4, 0.5) is 8.78 Å². The average Bonchev–Trinajstić information content (AvgIpc) is 2.66. The fraction of sp³-hybridized carbons (Fsp3) is 0.273. The first-order valence-electron chi connectivity index (χ1n) is 9.14. The third kappa shape index (κ3) is 4.89. The molecule has 3 rings (SSSR count). The van der Waals surface area contributed by atoms with Crippen LogP contribution in [0.25, 0.3) is 22.5 Å². The topological polar surface area (TPSA) is 25.8 Å². The van der Waals surface area contributed by atoms with Crippen molar-refractivity contribution in [1.29, 1.82) is 0 Å². The number of benzene rings is 2. The molecular weight excluding hydrogens is 366 g/mol. The maximum Gasteiger partial charge on any atom is 0.159 e. The maximum absolute atomic E-state index is 14.5. The number of unbranched alkanes of at least 4 members (excludes halogenated alkanes) is 3. The number of hydrogen-bond acceptors (Lipinski definition) is 2. The van der Waals surface area contributed by atoms with Crippen LogP contribution in [0.15, 0.2) is 48.8 Å². The van der Waals surface area contributed by atoms with Gasteiger partial charge in [-0.2, -0.15) is 0 Å². The second-order valence-corrected chi connectivity index (χ2v) is 6.98. The predicted molar refractivity (Wildman–Crippen MR) is 106 cm³/mol. The van der Waals surface area contributed by atoms with Crippen molar-refractivity contribution in [2.75, 3.05) is 0 Å². The number of hydrogen-bond donors (Lipinski definition) is 0. The highest BCUT2D eigenvalue weighted by Gasteiger charge is 2.14. The van der Waals surface area contributed by atoms with Crippen LogP contribution in [-0.2, 0) is 6.42 Å². The molecule has 0 unspecified atom stereocenters. The van der Waals surface area contributed by atoms with E-state index in [1.54, 1.807) is 24.3 Å². The zero-order chi connectivity index (χ0) is 19.2. The lowest BCUT2D eigenvalue weighted by Crippen LogP contribution is -1.97. The van der Waals surface area contributed by atoms with Crippen molar-refractivity contribution in [3.63, 3.8) is 0 Å². The molecule has 2 nitrogen and oxygen atoms in total. The molecule has 2 aromatic carbocycles. The molecular formula is C22H21ClF2N2. The number of halogens is 3. The molecule has 5 heteroatoms. The minimum atomic E-state index is -0.580. The molecule has 27 heavy (non-hydrogen) atoms. The molecule has 0 bridgehead atoms. The molecule has 0 saturated carbocycles. The Bertz CT molecular complexity index is 870. The molecule has 140 valence electrons. The Balaban J connectivity index is 1.80. The molecule has 1 aromatic heterocycles. The normalized spacial score (nSPS) is 11.0. The molecule has 0 aliphatic heterocycles. The lowest BCUT2D eigenvalue weighted by atomic mass is 10.0. The molecule has 0 saturated heterocycles. The molecule has 1 heterocycles. The predicted octanol–water partition coefficient (Wildman–Crippen LogP) is 6.87. The summed E-state index contributed by atoms with van der Waals surface area (Å²) in [6.45, 7) is 2.13. The summed E-state index contributed by atoms with van der Waals surface area (Å²) in [7, 11) is 0. The van der Waals surface area contributed by atoms with Crippen LogP contribution in [0.2, 0.25) is 5.02 Å². The highest BCUT2D eigenvalue weighted by atomic mass is 35.5. The Morgan fingerprint density at radius 2 is 1.48 bits per heavy atom. The van der Waals surface area contributed by atoms with E-state index in [1.165, 1.54) is 24.5 Å². The van der Waals surface area contributed by atoms with Crippen molar-refractivity contribution in [3.05, 3.63) is 71.0 Å². The summed E-state index contributed by atoms with van der Waals surface area (Å²) in [5.41, 5.74) is 1.70. The third-order valence-corrected chi connectivity index (χ3v) is 4.72. The van der Waals surface area contributed by atoms with Crippen molar-refractivity contribution >= 4 is 11.6 Å². The van der Waals surface area contributed by atoms with Crippen LogP contribution in [-0.4, -0.2) is 9.97 Å². The molecule has 0 spiro atoms. The van der Waals surface area contributed by atoms with Gasteiger partial charge in [-0.15, -0.1) is 0 Å². The maximum atomic E-state index is 14.5. The third-order valence-electron chi connectivity index (χ3n) is 4.46. The van der Waals surface area contributed by atoms with Crippen molar-refractivity contribution < 1.29 is 8.78 Å². The van der Waals surface area contributed by atoms with E-state index < -0.39 is 11.6 Å². The highest BCUT2D eigenvalue weighted by Crippen LogP contribution is 2.28. The van der Waals surface area contributed by atoms with Gasteiger partial charge < -0.3 is 0 Å².